The predicted octanol–water partition coefficient (Wildman–Crippen LogP) is 12.3. The van der Waals surface area contributed by atoms with Gasteiger partial charge in [-0.25, -0.2) is 0 Å². The highest BCUT2D eigenvalue weighted by Crippen LogP contribution is 2.49. The Bertz CT molecular complexity index is 2920. The van der Waals surface area contributed by atoms with Gasteiger partial charge in [0.2, 0.25) is 0 Å². The molecule has 54 heavy (non-hydrogen) atoms. The van der Waals surface area contributed by atoms with Gasteiger partial charge in [-0.1, -0.05) is 104 Å². The van der Waals surface area contributed by atoms with E-state index >= 15 is 0 Å². The van der Waals surface area contributed by atoms with Gasteiger partial charge in [0.05, 0.1) is 33.4 Å². The molecule has 0 bridgehead atoms. The van der Waals surface area contributed by atoms with Crippen molar-refractivity contribution in [1.82, 2.24) is 9.13 Å². The van der Waals surface area contributed by atoms with E-state index in [9.17, 15) is 10.5 Å². The minimum atomic E-state index is 0.183. The standard InChI is InChI=1S/C49H33N5/c1-32-26-33-14-8-9-19-39(33)48-42-28-37(52(35-15-4-2-5-16-35)36-17-6-3-7-18-36)24-25-46(42)53(49(32)48)38-27-34(30-50)43(31-51)47(29-38)54-44-22-12-10-20-40(44)41-21-11-13-23-45(41)54/h2-25,27-29,32H,26H2,1H3. The number of nitriles is 2. The maximum atomic E-state index is 10.7. The summed E-state index contributed by atoms with van der Waals surface area (Å²) >= 11 is 0. The smallest absolute Gasteiger partial charge is 0.103 e. The molecule has 0 saturated carbocycles. The molecule has 1 aliphatic rings. The normalized spacial score (nSPS) is 13.4. The topological polar surface area (TPSA) is 60.7 Å². The van der Waals surface area contributed by atoms with Crippen molar-refractivity contribution in [2.24, 2.45) is 0 Å². The monoisotopic (exact) mass is 691 g/mol. The molecular formula is C49H33N5. The molecule has 9 aromatic rings. The van der Waals surface area contributed by atoms with E-state index in [1.807, 2.05) is 42.5 Å². The number of para-hydroxylation sites is 4. The Hall–Kier alpha value is -7.34. The summed E-state index contributed by atoms with van der Waals surface area (Å²) in [7, 11) is 0. The number of aromatic nitrogens is 2. The zero-order valence-electron chi connectivity index (χ0n) is 29.6. The lowest BCUT2D eigenvalue weighted by atomic mass is 9.82. The molecule has 1 unspecified atom stereocenters. The molecule has 0 fully saturated rings. The van der Waals surface area contributed by atoms with Gasteiger partial charge in [0.25, 0.3) is 0 Å². The summed E-state index contributed by atoms with van der Waals surface area (Å²) in [6, 6.07) is 61.9. The fourth-order valence-electron chi connectivity index (χ4n) is 8.74. The summed E-state index contributed by atoms with van der Waals surface area (Å²) in [6.45, 7) is 2.30. The van der Waals surface area contributed by atoms with E-state index < -0.39 is 0 Å². The van der Waals surface area contributed by atoms with Crippen LogP contribution in [-0.4, -0.2) is 9.13 Å². The van der Waals surface area contributed by atoms with Gasteiger partial charge in [-0.05, 0) is 84.3 Å². The number of benzene rings is 7. The first-order valence-electron chi connectivity index (χ1n) is 18.3. The highest BCUT2D eigenvalue weighted by atomic mass is 15.1. The van der Waals surface area contributed by atoms with Gasteiger partial charge in [0.15, 0.2) is 0 Å². The second kappa shape index (κ2) is 12.4. The first-order valence-corrected chi connectivity index (χ1v) is 18.3. The zero-order valence-corrected chi connectivity index (χ0v) is 29.6. The lowest BCUT2D eigenvalue weighted by Gasteiger charge is -2.26. The highest BCUT2D eigenvalue weighted by molar-refractivity contribution is 6.09. The van der Waals surface area contributed by atoms with E-state index in [1.165, 1.54) is 22.4 Å². The lowest BCUT2D eigenvalue weighted by Crippen LogP contribution is -2.13. The summed E-state index contributed by atoms with van der Waals surface area (Å²) in [5.74, 6) is 0.183. The van der Waals surface area contributed by atoms with Crippen LogP contribution >= 0.6 is 0 Å². The Kier molecular flexibility index (Phi) is 7.22. The van der Waals surface area contributed by atoms with E-state index in [1.54, 1.807) is 0 Å². The largest absolute Gasteiger partial charge is 0.313 e. The van der Waals surface area contributed by atoms with E-state index in [0.29, 0.717) is 16.8 Å². The van der Waals surface area contributed by atoms with Gasteiger partial charge in [0.1, 0.15) is 12.1 Å². The van der Waals surface area contributed by atoms with Gasteiger partial charge in [-0.3, -0.25) is 0 Å². The van der Waals surface area contributed by atoms with E-state index in [2.05, 4.69) is 154 Å². The van der Waals surface area contributed by atoms with Crippen LogP contribution in [0.25, 0.3) is 55.2 Å². The Labute approximate surface area is 313 Å². The second-order valence-corrected chi connectivity index (χ2v) is 14.0. The Balaban J connectivity index is 1.29. The van der Waals surface area contributed by atoms with Gasteiger partial charge in [-0.15, -0.1) is 0 Å². The van der Waals surface area contributed by atoms with Crippen LogP contribution in [0.1, 0.15) is 35.2 Å². The van der Waals surface area contributed by atoms with E-state index in [4.69, 9.17) is 0 Å². The van der Waals surface area contributed by atoms with Crippen LogP contribution in [0.3, 0.4) is 0 Å². The van der Waals surface area contributed by atoms with Crippen molar-refractivity contribution in [1.29, 1.82) is 10.5 Å². The fourth-order valence-corrected chi connectivity index (χ4v) is 8.74. The minimum Gasteiger partial charge on any atom is -0.313 e. The minimum absolute atomic E-state index is 0.183. The van der Waals surface area contributed by atoms with Crippen LogP contribution in [0.15, 0.2) is 164 Å². The molecule has 0 saturated heterocycles. The van der Waals surface area contributed by atoms with Crippen molar-refractivity contribution < 1.29 is 0 Å². The molecule has 5 heteroatoms. The summed E-state index contributed by atoms with van der Waals surface area (Å²) < 4.78 is 4.50. The third-order valence-corrected chi connectivity index (χ3v) is 11.0. The van der Waals surface area contributed by atoms with Crippen molar-refractivity contribution >= 4 is 49.8 Å². The van der Waals surface area contributed by atoms with Crippen molar-refractivity contribution in [2.45, 2.75) is 19.3 Å². The molecule has 2 heterocycles. The zero-order chi connectivity index (χ0) is 36.3. The molecule has 5 nitrogen and oxygen atoms in total. The molecule has 0 spiro atoms. The number of nitrogens with zero attached hydrogens (tertiary/aromatic N) is 5. The highest BCUT2D eigenvalue weighted by Gasteiger charge is 2.31. The lowest BCUT2D eigenvalue weighted by molar-refractivity contribution is 0.706. The maximum absolute atomic E-state index is 10.7. The second-order valence-electron chi connectivity index (χ2n) is 14.0. The van der Waals surface area contributed by atoms with Crippen molar-refractivity contribution in [3.63, 3.8) is 0 Å². The first-order chi connectivity index (χ1) is 26.6. The maximum Gasteiger partial charge on any atom is 0.103 e. The van der Waals surface area contributed by atoms with Gasteiger partial charge in [0, 0.05) is 56.1 Å². The summed E-state index contributed by atoms with van der Waals surface area (Å²) in [4.78, 5) is 2.30. The molecule has 0 radical (unpaired) electrons. The number of fused-ring (bicyclic) bond motifs is 8. The molecule has 254 valence electrons. The molecule has 10 rings (SSSR count). The molecule has 0 amide bonds. The third-order valence-electron chi connectivity index (χ3n) is 11.0. The Morgan fingerprint density at radius 2 is 1.15 bits per heavy atom. The predicted molar refractivity (Wildman–Crippen MR) is 219 cm³/mol. The summed E-state index contributed by atoms with van der Waals surface area (Å²) in [5.41, 5.74) is 13.5. The van der Waals surface area contributed by atoms with Crippen LogP contribution in [0.2, 0.25) is 0 Å². The number of rotatable bonds is 5. The molecule has 1 aliphatic carbocycles. The SMILES string of the molecule is CC1Cc2ccccc2-c2c1n(-c1cc(C#N)c(C#N)c(-n3c4ccccc4c4ccccc43)c1)c1ccc(N(c3ccccc3)c3ccccc3)cc21. The van der Waals surface area contributed by atoms with Crippen LogP contribution in [-0.2, 0) is 6.42 Å². The Morgan fingerprint density at radius 1 is 0.556 bits per heavy atom. The molecule has 0 N–H and O–H groups in total. The third kappa shape index (κ3) is 4.69. The average molecular weight is 692 g/mol. The summed E-state index contributed by atoms with van der Waals surface area (Å²) in [5, 5.41) is 24.6. The van der Waals surface area contributed by atoms with E-state index in [0.717, 1.165) is 61.9 Å². The molecule has 2 aromatic heterocycles. The number of hydrogen-bond donors (Lipinski definition) is 0. The van der Waals surface area contributed by atoms with Crippen LogP contribution in [0.5, 0.6) is 0 Å². The number of anilines is 3. The summed E-state index contributed by atoms with van der Waals surface area (Å²) in [6.07, 6.45) is 0.896. The molecule has 7 aromatic carbocycles. The van der Waals surface area contributed by atoms with Gasteiger partial charge in [-0.2, -0.15) is 10.5 Å². The quantitative estimate of drug-likeness (QED) is 0.180. The van der Waals surface area contributed by atoms with Crippen LogP contribution in [0.4, 0.5) is 17.1 Å². The van der Waals surface area contributed by atoms with Crippen molar-refractivity contribution in [2.75, 3.05) is 4.90 Å². The fraction of sp³-hybridized carbons (Fsp3) is 0.0612. The van der Waals surface area contributed by atoms with Crippen LogP contribution in [0, 0.1) is 22.7 Å². The Morgan fingerprint density at radius 3 is 1.80 bits per heavy atom. The number of hydrogen-bond acceptors (Lipinski definition) is 3. The molecular weight excluding hydrogens is 659 g/mol. The molecule has 0 aliphatic heterocycles. The van der Waals surface area contributed by atoms with Gasteiger partial charge >= 0.3 is 0 Å². The van der Waals surface area contributed by atoms with Crippen molar-refractivity contribution in [3.8, 4) is 34.6 Å². The first kappa shape index (κ1) is 31.4. The molecule has 1 atom stereocenters. The van der Waals surface area contributed by atoms with E-state index in [-0.39, 0.29) is 5.92 Å². The average Bonchev–Trinajstić information content (AvgIpc) is 3.75. The van der Waals surface area contributed by atoms with Crippen LogP contribution < -0.4 is 4.90 Å². The van der Waals surface area contributed by atoms with Crippen molar-refractivity contribution in [3.05, 3.63) is 186 Å². The van der Waals surface area contributed by atoms with Gasteiger partial charge < -0.3 is 14.0 Å².